The summed E-state index contributed by atoms with van der Waals surface area (Å²) in [7, 11) is 0. The van der Waals surface area contributed by atoms with Crippen molar-refractivity contribution in [3.8, 4) is 5.75 Å². The van der Waals surface area contributed by atoms with Crippen molar-refractivity contribution in [3.05, 3.63) is 63.7 Å². The van der Waals surface area contributed by atoms with Crippen molar-refractivity contribution >= 4 is 23.2 Å². The lowest BCUT2D eigenvalue weighted by molar-refractivity contribution is 0.291. The fraction of sp³-hybridized carbons (Fsp3) is 0.333. The molecule has 1 unspecified atom stereocenters. The van der Waals surface area contributed by atoms with E-state index >= 15 is 0 Å². The molecular formula is C18H18Cl2O. The van der Waals surface area contributed by atoms with Crippen LogP contribution in [0.15, 0.2) is 36.4 Å². The summed E-state index contributed by atoms with van der Waals surface area (Å²) >= 11 is 12.8. The number of rotatable bonds is 2. The molecule has 1 aliphatic rings. The highest BCUT2D eigenvalue weighted by molar-refractivity contribution is 6.31. The van der Waals surface area contributed by atoms with E-state index in [1.807, 2.05) is 31.2 Å². The summed E-state index contributed by atoms with van der Waals surface area (Å²) in [4.78, 5) is 0. The minimum atomic E-state index is -0.178. The molecule has 3 rings (SSSR count). The zero-order chi connectivity index (χ0) is 15.2. The average Bonchev–Trinajstić information content (AvgIpc) is 2.76. The van der Waals surface area contributed by atoms with Gasteiger partial charge in [0.1, 0.15) is 5.75 Å². The lowest BCUT2D eigenvalue weighted by Crippen LogP contribution is -2.18. The van der Waals surface area contributed by atoms with Crippen molar-refractivity contribution in [2.24, 2.45) is 0 Å². The summed E-state index contributed by atoms with van der Waals surface area (Å²) in [5.74, 6) is 0.972. The predicted molar refractivity (Wildman–Crippen MR) is 88.8 cm³/mol. The molecule has 0 saturated carbocycles. The first-order chi connectivity index (χ1) is 9.88. The van der Waals surface area contributed by atoms with E-state index in [0.717, 1.165) is 34.1 Å². The van der Waals surface area contributed by atoms with E-state index < -0.39 is 0 Å². The number of benzene rings is 2. The summed E-state index contributed by atoms with van der Waals surface area (Å²) in [5, 5.41) is 0.591. The van der Waals surface area contributed by atoms with E-state index in [4.69, 9.17) is 27.9 Å². The van der Waals surface area contributed by atoms with Crippen molar-refractivity contribution in [2.45, 2.75) is 31.6 Å². The quantitative estimate of drug-likeness (QED) is 0.650. The maximum Gasteiger partial charge on any atom is 0.123 e. The van der Waals surface area contributed by atoms with Crippen LogP contribution in [0.4, 0.5) is 0 Å². The van der Waals surface area contributed by atoms with Crippen molar-refractivity contribution < 1.29 is 4.74 Å². The molecule has 2 aromatic carbocycles. The summed E-state index contributed by atoms with van der Waals surface area (Å²) in [6, 6.07) is 12.2. The molecule has 0 aliphatic carbocycles. The van der Waals surface area contributed by atoms with Crippen LogP contribution in [-0.4, -0.2) is 6.61 Å². The maximum atomic E-state index is 6.67. The van der Waals surface area contributed by atoms with Gasteiger partial charge < -0.3 is 4.74 Å². The molecular weight excluding hydrogens is 303 g/mol. The lowest BCUT2D eigenvalue weighted by atomic mass is 9.85. The van der Waals surface area contributed by atoms with Crippen LogP contribution in [0.5, 0.6) is 5.75 Å². The van der Waals surface area contributed by atoms with Gasteiger partial charge in [-0.3, -0.25) is 0 Å². The van der Waals surface area contributed by atoms with Crippen LogP contribution in [0.1, 0.15) is 41.5 Å². The molecule has 21 heavy (non-hydrogen) atoms. The molecule has 2 aromatic rings. The van der Waals surface area contributed by atoms with Gasteiger partial charge in [0, 0.05) is 16.0 Å². The molecule has 1 atom stereocenters. The Balaban J connectivity index is 1.99. The third kappa shape index (κ3) is 2.65. The first kappa shape index (κ1) is 14.7. The Morgan fingerprint density at radius 1 is 1.10 bits per heavy atom. The molecule has 3 heteroatoms. The van der Waals surface area contributed by atoms with Crippen LogP contribution in [0, 0.1) is 6.92 Å². The standard InChI is InChI=1S/C18H18Cl2O/c1-11-8-12(4-6-15(11)19)17(20)13-5-7-16-14(9-13)18(2,3)10-21-16/h4-9,17H,10H2,1-3H3. The van der Waals surface area contributed by atoms with Crippen LogP contribution in [-0.2, 0) is 5.41 Å². The first-order valence-corrected chi connectivity index (χ1v) is 7.87. The fourth-order valence-corrected chi connectivity index (χ4v) is 3.10. The van der Waals surface area contributed by atoms with Crippen molar-refractivity contribution in [1.29, 1.82) is 0 Å². The Morgan fingerprint density at radius 3 is 2.48 bits per heavy atom. The molecule has 0 bridgehead atoms. The van der Waals surface area contributed by atoms with Gasteiger partial charge in [0.25, 0.3) is 0 Å². The number of aryl methyl sites for hydroxylation is 1. The average molecular weight is 321 g/mol. The van der Waals surface area contributed by atoms with Gasteiger partial charge in [-0.05, 0) is 41.8 Å². The lowest BCUT2D eigenvalue weighted by Gasteiger charge is -2.18. The molecule has 0 N–H and O–H groups in total. The molecule has 1 heterocycles. The van der Waals surface area contributed by atoms with Gasteiger partial charge >= 0.3 is 0 Å². The van der Waals surface area contributed by atoms with Crippen molar-refractivity contribution in [3.63, 3.8) is 0 Å². The summed E-state index contributed by atoms with van der Waals surface area (Å²) < 4.78 is 5.73. The Kier molecular flexibility index (Phi) is 3.67. The van der Waals surface area contributed by atoms with Gasteiger partial charge in [0.05, 0.1) is 12.0 Å². The topological polar surface area (TPSA) is 9.23 Å². The zero-order valence-electron chi connectivity index (χ0n) is 12.4. The van der Waals surface area contributed by atoms with Crippen LogP contribution >= 0.6 is 23.2 Å². The van der Waals surface area contributed by atoms with Crippen molar-refractivity contribution in [2.75, 3.05) is 6.61 Å². The Hall–Kier alpha value is -1.18. The van der Waals surface area contributed by atoms with Gasteiger partial charge in [0.15, 0.2) is 0 Å². The monoisotopic (exact) mass is 320 g/mol. The van der Waals surface area contributed by atoms with Gasteiger partial charge in [-0.2, -0.15) is 0 Å². The normalized spacial score (nSPS) is 17.2. The van der Waals surface area contributed by atoms with E-state index in [1.54, 1.807) is 0 Å². The van der Waals surface area contributed by atoms with Crippen LogP contribution in [0.25, 0.3) is 0 Å². The molecule has 1 nitrogen and oxygen atoms in total. The van der Waals surface area contributed by atoms with Gasteiger partial charge in [-0.15, -0.1) is 11.6 Å². The molecule has 0 aromatic heterocycles. The largest absolute Gasteiger partial charge is 0.492 e. The summed E-state index contributed by atoms with van der Waals surface area (Å²) in [6.45, 7) is 7.10. The molecule has 0 radical (unpaired) electrons. The molecule has 0 saturated heterocycles. The Labute approximate surface area is 135 Å². The third-order valence-corrected chi connectivity index (χ3v) is 5.02. The first-order valence-electron chi connectivity index (χ1n) is 7.06. The number of hydrogen-bond acceptors (Lipinski definition) is 1. The van der Waals surface area contributed by atoms with Gasteiger partial charge in [-0.1, -0.05) is 43.6 Å². The summed E-state index contributed by atoms with van der Waals surface area (Å²) in [6.07, 6.45) is 0. The van der Waals surface area contributed by atoms with Gasteiger partial charge in [-0.25, -0.2) is 0 Å². The second kappa shape index (κ2) is 5.23. The second-order valence-corrected chi connectivity index (χ2v) is 7.14. The summed E-state index contributed by atoms with van der Waals surface area (Å²) in [5.41, 5.74) is 4.48. The highest BCUT2D eigenvalue weighted by atomic mass is 35.5. The molecule has 110 valence electrons. The van der Waals surface area contributed by atoms with E-state index in [-0.39, 0.29) is 10.8 Å². The Bertz CT molecular complexity index is 692. The minimum Gasteiger partial charge on any atom is -0.492 e. The number of halogens is 2. The molecule has 0 spiro atoms. The molecule has 0 amide bonds. The zero-order valence-corrected chi connectivity index (χ0v) is 13.9. The number of ether oxygens (including phenoxy) is 1. The Morgan fingerprint density at radius 2 is 1.76 bits per heavy atom. The van der Waals surface area contributed by atoms with E-state index in [2.05, 4.69) is 26.0 Å². The van der Waals surface area contributed by atoms with Crippen molar-refractivity contribution in [1.82, 2.24) is 0 Å². The van der Waals surface area contributed by atoms with Crippen LogP contribution in [0.2, 0.25) is 5.02 Å². The predicted octanol–water partition coefficient (Wildman–Crippen LogP) is 5.65. The molecule has 0 fully saturated rings. The molecule has 1 aliphatic heterocycles. The van der Waals surface area contributed by atoms with E-state index in [9.17, 15) is 0 Å². The number of alkyl halides is 1. The highest BCUT2D eigenvalue weighted by Crippen LogP contribution is 2.41. The third-order valence-electron chi connectivity index (χ3n) is 4.09. The highest BCUT2D eigenvalue weighted by Gasteiger charge is 2.32. The van der Waals surface area contributed by atoms with Gasteiger partial charge in [0.2, 0.25) is 0 Å². The van der Waals surface area contributed by atoms with Crippen LogP contribution in [0.3, 0.4) is 0 Å². The number of fused-ring (bicyclic) bond motifs is 1. The SMILES string of the molecule is Cc1cc(C(Cl)c2ccc3c(c2)C(C)(C)CO3)ccc1Cl. The fourth-order valence-electron chi connectivity index (χ4n) is 2.71. The van der Waals surface area contributed by atoms with E-state index in [1.165, 1.54) is 5.56 Å². The minimum absolute atomic E-state index is 0.0395. The van der Waals surface area contributed by atoms with Crippen LogP contribution < -0.4 is 4.74 Å². The second-order valence-electron chi connectivity index (χ2n) is 6.30. The smallest absolute Gasteiger partial charge is 0.123 e. The number of hydrogen-bond donors (Lipinski definition) is 0. The van der Waals surface area contributed by atoms with E-state index in [0.29, 0.717) is 0 Å². The maximum absolute atomic E-state index is 6.67.